The molecule has 0 radical (unpaired) electrons. The highest BCUT2D eigenvalue weighted by molar-refractivity contribution is 7.98. The van der Waals surface area contributed by atoms with Crippen molar-refractivity contribution in [3.05, 3.63) is 24.0 Å². The molecule has 0 bridgehead atoms. The quantitative estimate of drug-likeness (QED) is 0.858. The fourth-order valence-corrected chi connectivity index (χ4v) is 3.91. The van der Waals surface area contributed by atoms with E-state index in [0.717, 1.165) is 10.6 Å². The molecular weight excluding hydrogens is 260 g/mol. The lowest BCUT2D eigenvalue weighted by Crippen LogP contribution is -2.39. The summed E-state index contributed by atoms with van der Waals surface area (Å²) in [5.74, 6) is 4.24. The molecule has 2 heterocycles. The molecule has 1 atom stereocenters. The van der Waals surface area contributed by atoms with Gasteiger partial charge in [0.25, 0.3) is 0 Å². The van der Waals surface area contributed by atoms with Crippen LogP contribution in [0.4, 0.5) is 0 Å². The Labute approximate surface area is 115 Å². The molecule has 5 heteroatoms. The van der Waals surface area contributed by atoms with Crippen LogP contribution >= 0.6 is 0 Å². The van der Waals surface area contributed by atoms with Gasteiger partial charge < -0.3 is 5.11 Å². The maximum Gasteiger partial charge on any atom is 0.0565 e. The summed E-state index contributed by atoms with van der Waals surface area (Å²) < 4.78 is 14.8. The Morgan fingerprint density at radius 2 is 2.11 bits per heavy atom. The summed E-state index contributed by atoms with van der Waals surface area (Å²) in [6, 6.07) is 3.68. The normalized spacial score (nSPS) is 21.5. The summed E-state index contributed by atoms with van der Waals surface area (Å²) in [5, 5.41) is 9.53. The van der Waals surface area contributed by atoms with Gasteiger partial charge in [-0.15, -0.1) is 0 Å². The van der Waals surface area contributed by atoms with Crippen LogP contribution in [0.25, 0.3) is 0 Å². The topological polar surface area (TPSA) is 53.4 Å². The third kappa shape index (κ3) is 3.16. The Kier molecular flexibility index (Phi) is 4.28. The summed E-state index contributed by atoms with van der Waals surface area (Å²) >= 11 is 0. The Hall–Kier alpha value is -0.910. The fraction of sp³-hybridized carbons (Fsp3) is 0.571. The molecule has 1 fully saturated rings. The van der Waals surface area contributed by atoms with Gasteiger partial charge in [0.05, 0.1) is 15.8 Å². The lowest BCUT2D eigenvalue weighted by molar-refractivity contribution is 0.114. The van der Waals surface area contributed by atoms with Gasteiger partial charge in [-0.05, 0) is 36.8 Å². The number of aromatic nitrogens is 1. The second-order valence-corrected chi connectivity index (χ2v) is 7.64. The van der Waals surface area contributed by atoms with E-state index < -0.39 is 9.71 Å². The molecule has 0 amide bonds. The van der Waals surface area contributed by atoms with Crippen LogP contribution in [-0.2, 0) is 9.71 Å². The van der Waals surface area contributed by atoms with Crippen LogP contribution in [0.1, 0.15) is 38.3 Å². The van der Waals surface area contributed by atoms with Gasteiger partial charge in [0, 0.05) is 29.9 Å². The highest BCUT2D eigenvalue weighted by Crippen LogP contribution is 2.22. The van der Waals surface area contributed by atoms with Gasteiger partial charge in [0.15, 0.2) is 0 Å². The second-order valence-electron chi connectivity index (χ2n) is 5.37. The van der Waals surface area contributed by atoms with Crippen LogP contribution in [0.15, 0.2) is 23.2 Å². The van der Waals surface area contributed by atoms with Crippen molar-refractivity contribution in [3.63, 3.8) is 0 Å². The van der Waals surface area contributed by atoms with Crippen molar-refractivity contribution in [3.8, 4) is 0 Å². The maximum absolute atomic E-state index is 12.9. The van der Waals surface area contributed by atoms with E-state index in [-0.39, 0.29) is 6.10 Å². The molecular formula is C14H22N2O2S. The molecule has 1 N–H and O–H groups in total. The molecule has 4 nitrogen and oxygen atoms in total. The highest BCUT2D eigenvalue weighted by Gasteiger charge is 2.24. The molecule has 2 rings (SSSR count). The van der Waals surface area contributed by atoms with Gasteiger partial charge in [0.1, 0.15) is 0 Å². The Balaban J connectivity index is 2.26. The van der Waals surface area contributed by atoms with E-state index in [1.54, 1.807) is 12.3 Å². The fourth-order valence-electron chi connectivity index (χ4n) is 2.23. The molecule has 1 aliphatic heterocycles. The summed E-state index contributed by atoms with van der Waals surface area (Å²) in [4.78, 5) is 5.04. The number of pyridine rings is 1. The van der Waals surface area contributed by atoms with Gasteiger partial charge >= 0.3 is 0 Å². The molecule has 106 valence electrons. The number of aliphatic hydroxyl groups excluding tert-OH is 1. The van der Waals surface area contributed by atoms with Crippen LogP contribution in [0.2, 0.25) is 0 Å². The van der Waals surface area contributed by atoms with Crippen molar-refractivity contribution in [1.29, 1.82) is 0 Å². The zero-order chi connectivity index (χ0) is 14.0. The standard InChI is InChI=1S/C14H22N2O2S/c1-11(2)14-10-13(4-7-15-14)19(3,18)16-8-5-12(17)6-9-16/h4,7,10-12,17H,3,5-6,8-9H2,1-2H3. The van der Waals surface area contributed by atoms with E-state index in [1.807, 2.05) is 10.4 Å². The summed E-state index contributed by atoms with van der Waals surface area (Å²) in [6.07, 6.45) is 2.76. The number of nitrogens with zero attached hydrogens (tertiary/aromatic N) is 2. The first kappa shape index (κ1) is 14.5. The third-order valence-electron chi connectivity index (χ3n) is 3.55. The Morgan fingerprint density at radius 1 is 1.47 bits per heavy atom. The minimum Gasteiger partial charge on any atom is -0.393 e. The Morgan fingerprint density at radius 3 is 2.68 bits per heavy atom. The van der Waals surface area contributed by atoms with Gasteiger partial charge in [-0.25, -0.2) is 8.51 Å². The van der Waals surface area contributed by atoms with Crippen molar-refractivity contribution in [2.24, 2.45) is 0 Å². The van der Waals surface area contributed by atoms with E-state index in [1.165, 1.54) is 0 Å². The molecule has 1 aromatic heterocycles. The van der Waals surface area contributed by atoms with Crippen LogP contribution in [0, 0.1) is 0 Å². The lowest BCUT2D eigenvalue weighted by atomic mass is 10.1. The van der Waals surface area contributed by atoms with E-state index >= 15 is 0 Å². The van der Waals surface area contributed by atoms with Gasteiger partial charge in [0.2, 0.25) is 0 Å². The molecule has 0 aromatic carbocycles. The Bertz CT molecular complexity index is 532. The van der Waals surface area contributed by atoms with Gasteiger partial charge in [-0.3, -0.25) is 4.98 Å². The zero-order valence-corrected chi connectivity index (χ0v) is 12.4. The first-order valence-electron chi connectivity index (χ1n) is 6.67. The van der Waals surface area contributed by atoms with Gasteiger partial charge in [-0.2, -0.15) is 0 Å². The van der Waals surface area contributed by atoms with Crippen LogP contribution in [-0.4, -0.2) is 43.7 Å². The minimum absolute atomic E-state index is 0.268. The van der Waals surface area contributed by atoms with E-state index in [9.17, 15) is 9.32 Å². The highest BCUT2D eigenvalue weighted by atomic mass is 32.2. The van der Waals surface area contributed by atoms with Gasteiger partial charge in [-0.1, -0.05) is 13.8 Å². The molecule has 0 aliphatic carbocycles. The molecule has 1 saturated heterocycles. The first-order chi connectivity index (χ1) is 8.91. The van der Waals surface area contributed by atoms with Crippen LogP contribution < -0.4 is 0 Å². The van der Waals surface area contributed by atoms with Crippen molar-refractivity contribution in [2.75, 3.05) is 13.1 Å². The van der Waals surface area contributed by atoms with E-state index in [0.29, 0.717) is 31.8 Å². The largest absolute Gasteiger partial charge is 0.393 e. The summed E-state index contributed by atoms with van der Waals surface area (Å²) in [6.45, 7) is 5.38. The van der Waals surface area contributed by atoms with Crippen molar-refractivity contribution < 1.29 is 9.32 Å². The second kappa shape index (κ2) is 5.61. The monoisotopic (exact) mass is 282 g/mol. The molecule has 0 spiro atoms. The van der Waals surface area contributed by atoms with E-state index in [2.05, 4.69) is 24.7 Å². The average Bonchev–Trinajstić information content (AvgIpc) is 2.39. The predicted octanol–water partition coefficient (Wildman–Crippen LogP) is 1.65. The van der Waals surface area contributed by atoms with E-state index in [4.69, 9.17) is 0 Å². The zero-order valence-electron chi connectivity index (χ0n) is 11.6. The van der Waals surface area contributed by atoms with Crippen molar-refractivity contribution in [1.82, 2.24) is 9.29 Å². The number of aliphatic hydroxyl groups is 1. The van der Waals surface area contributed by atoms with Crippen LogP contribution in [0.5, 0.6) is 0 Å². The number of hydrogen-bond donors (Lipinski definition) is 1. The summed E-state index contributed by atoms with van der Waals surface area (Å²) in [7, 11) is -2.46. The SMILES string of the molecule is C=S(=O)(c1ccnc(C(C)C)c1)N1CCC(O)CC1. The predicted molar refractivity (Wildman–Crippen MR) is 78.7 cm³/mol. The molecule has 1 aliphatic rings. The average molecular weight is 282 g/mol. The third-order valence-corrected chi connectivity index (χ3v) is 5.74. The summed E-state index contributed by atoms with van der Waals surface area (Å²) in [5.41, 5.74) is 0.936. The van der Waals surface area contributed by atoms with Crippen molar-refractivity contribution in [2.45, 2.75) is 43.6 Å². The number of hydrogen-bond acceptors (Lipinski definition) is 3. The smallest absolute Gasteiger partial charge is 0.0565 e. The number of piperidine rings is 1. The number of rotatable bonds is 3. The lowest BCUT2D eigenvalue weighted by Gasteiger charge is -2.32. The van der Waals surface area contributed by atoms with Crippen LogP contribution in [0.3, 0.4) is 0 Å². The molecule has 1 aromatic rings. The molecule has 1 unspecified atom stereocenters. The maximum atomic E-state index is 12.9. The minimum atomic E-state index is -2.46. The molecule has 0 saturated carbocycles. The van der Waals surface area contributed by atoms with Crippen molar-refractivity contribution >= 4 is 15.6 Å². The molecule has 19 heavy (non-hydrogen) atoms. The first-order valence-corrected chi connectivity index (χ1v) is 8.36.